The van der Waals surface area contributed by atoms with Gasteiger partial charge in [-0.1, -0.05) is 41.9 Å². The van der Waals surface area contributed by atoms with E-state index in [1.807, 2.05) is 36.4 Å². The summed E-state index contributed by atoms with van der Waals surface area (Å²) in [6, 6.07) is 18.7. The van der Waals surface area contributed by atoms with Crippen LogP contribution >= 0.6 is 11.6 Å². The number of hydrogen-bond donors (Lipinski definition) is 2. The number of rotatable bonds is 6. The minimum atomic E-state index is -0.309. The van der Waals surface area contributed by atoms with Crippen molar-refractivity contribution in [1.29, 1.82) is 0 Å². The minimum absolute atomic E-state index is 0.275. The Morgan fingerprint density at radius 1 is 1.12 bits per heavy atom. The molecule has 0 fully saturated rings. The van der Waals surface area contributed by atoms with Crippen molar-refractivity contribution in [3.63, 3.8) is 0 Å². The zero-order valence-corrected chi connectivity index (χ0v) is 15.0. The maximum atomic E-state index is 12.4. The van der Waals surface area contributed by atoms with Crippen LogP contribution in [0.2, 0.25) is 5.02 Å². The van der Waals surface area contributed by atoms with Crippen molar-refractivity contribution in [2.24, 2.45) is 0 Å². The van der Waals surface area contributed by atoms with Gasteiger partial charge in [0.25, 0.3) is 5.91 Å². The number of benzene rings is 2. The number of hydrogen-bond acceptors (Lipinski definition) is 4. The van der Waals surface area contributed by atoms with E-state index < -0.39 is 0 Å². The molecule has 0 unspecified atom stereocenters. The smallest absolute Gasteiger partial charge is 0.261 e. The van der Waals surface area contributed by atoms with Crippen molar-refractivity contribution in [2.75, 3.05) is 17.7 Å². The molecule has 6 heteroatoms. The molecule has 0 radical (unpaired) electrons. The summed E-state index contributed by atoms with van der Waals surface area (Å²) in [6.45, 7) is 0.666. The first-order valence-electron chi connectivity index (χ1n) is 8.05. The number of methoxy groups -OCH3 is 1. The summed E-state index contributed by atoms with van der Waals surface area (Å²) in [5.74, 6) is -0.0340. The van der Waals surface area contributed by atoms with E-state index in [2.05, 4.69) is 15.6 Å². The summed E-state index contributed by atoms with van der Waals surface area (Å²) in [4.78, 5) is 16.4. The SMILES string of the molecule is COc1ncccc1C(=O)Nc1ccc(NCc2ccccc2)c(Cl)c1. The predicted octanol–water partition coefficient (Wildman–Crippen LogP) is 4.61. The Morgan fingerprint density at radius 3 is 2.65 bits per heavy atom. The fraction of sp³-hybridized carbons (Fsp3) is 0.100. The summed E-state index contributed by atoms with van der Waals surface area (Å²) in [6.07, 6.45) is 1.57. The zero-order chi connectivity index (χ0) is 18.4. The molecule has 5 nitrogen and oxygen atoms in total. The van der Waals surface area contributed by atoms with Crippen molar-refractivity contribution in [1.82, 2.24) is 4.98 Å². The molecule has 0 saturated carbocycles. The molecule has 0 aliphatic carbocycles. The van der Waals surface area contributed by atoms with Gasteiger partial charge < -0.3 is 15.4 Å². The quantitative estimate of drug-likeness (QED) is 0.668. The molecule has 26 heavy (non-hydrogen) atoms. The van der Waals surface area contributed by atoms with E-state index >= 15 is 0 Å². The monoisotopic (exact) mass is 367 g/mol. The van der Waals surface area contributed by atoms with Gasteiger partial charge in [-0.25, -0.2) is 4.98 Å². The molecule has 1 amide bonds. The van der Waals surface area contributed by atoms with E-state index in [1.165, 1.54) is 7.11 Å². The standard InChI is InChI=1S/C20H18ClN3O2/c1-26-20-16(8-5-11-22-20)19(25)24-15-9-10-18(17(21)12-15)23-13-14-6-3-2-4-7-14/h2-12,23H,13H2,1H3,(H,24,25). The number of nitrogens with zero attached hydrogens (tertiary/aromatic N) is 1. The average molecular weight is 368 g/mol. The fourth-order valence-electron chi connectivity index (χ4n) is 2.45. The number of aromatic nitrogens is 1. The summed E-state index contributed by atoms with van der Waals surface area (Å²) in [7, 11) is 1.48. The Bertz CT molecular complexity index is 901. The van der Waals surface area contributed by atoms with Crippen LogP contribution in [0.4, 0.5) is 11.4 Å². The van der Waals surface area contributed by atoms with Crippen molar-refractivity contribution < 1.29 is 9.53 Å². The van der Waals surface area contributed by atoms with Crippen LogP contribution in [0.15, 0.2) is 66.9 Å². The van der Waals surface area contributed by atoms with Gasteiger partial charge in [0.15, 0.2) is 0 Å². The number of anilines is 2. The highest BCUT2D eigenvalue weighted by Gasteiger charge is 2.13. The van der Waals surface area contributed by atoms with Crippen molar-refractivity contribution in [2.45, 2.75) is 6.54 Å². The fourth-order valence-corrected chi connectivity index (χ4v) is 2.70. The number of ether oxygens (including phenoxy) is 1. The lowest BCUT2D eigenvalue weighted by molar-refractivity contribution is 0.102. The van der Waals surface area contributed by atoms with Crippen LogP contribution < -0.4 is 15.4 Å². The molecule has 3 aromatic rings. The molecule has 3 rings (SSSR count). The third-order valence-electron chi connectivity index (χ3n) is 3.76. The highest BCUT2D eigenvalue weighted by Crippen LogP contribution is 2.27. The second-order valence-corrected chi connectivity index (χ2v) is 5.96. The molecule has 2 N–H and O–H groups in total. The summed E-state index contributed by atoms with van der Waals surface area (Å²) in [5, 5.41) is 6.61. The molecule has 0 saturated heterocycles. The van der Waals surface area contributed by atoms with E-state index in [0.717, 1.165) is 11.3 Å². The molecular formula is C20H18ClN3O2. The Morgan fingerprint density at radius 2 is 1.92 bits per heavy atom. The van der Waals surface area contributed by atoms with Crippen molar-refractivity contribution in [3.05, 3.63) is 83.0 Å². The first-order valence-corrected chi connectivity index (χ1v) is 8.43. The molecule has 0 spiro atoms. The number of nitrogens with one attached hydrogen (secondary N) is 2. The Labute approximate surface area is 157 Å². The van der Waals surface area contributed by atoms with Gasteiger partial charge in [-0.15, -0.1) is 0 Å². The van der Waals surface area contributed by atoms with Gasteiger partial charge in [0.05, 0.1) is 17.8 Å². The van der Waals surface area contributed by atoms with Crippen LogP contribution in [0.5, 0.6) is 5.88 Å². The maximum Gasteiger partial charge on any atom is 0.261 e. The van der Waals surface area contributed by atoms with Gasteiger partial charge >= 0.3 is 0 Å². The Balaban J connectivity index is 1.68. The van der Waals surface area contributed by atoms with Crippen LogP contribution in [0.1, 0.15) is 15.9 Å². The number of halogens is 1. The zero-order valence-electron chi connectivity index (χ0n) is 14.2. The van der Waals surface area contributed by atoms with Gasteiger partial charge in [-0.3, -0.25) is 4.79 Å². The van der Waals surface area contributed by atoms with E-state index in [0.29, 0.717) is 22.8 Å². The first kappa shape index (κ1) is 17.8. The molecule has 0 bridgehead atoms. The molecule has 0 aliphatic rings. The second kappa shape index (κ2) is 8.36. The lowest BCUT2D eigenvalue weighted by atomic mass is 10.2. The lowest BCUT2D eigenvalue weighted by Crippen LogP contribution is -2.13. The molecular weight excluding hydrogens is 350 g/mol. The van der Waals surface area contributed by atoms with Gasteiger partial charge in [-0.05, 0) is 35.9 Å². The number of carbonyl (C=O) groups excluding carboxylic acids is 1. The largest absolute Gasteiger partial charge is 0.480 e. The normalized spacial score (nSPS) is 10.2. The predicted molar refractivity (Wildman–Crippen MR) is 104 cm³/mol. The maximum absolute atomic E-state index is 12.4. The third kappa shape index (κ3) is 4.32. The molecule has 132 valence electrons. The third-order valence-corrected chi connectivity index (χ3v) is 4.07. The molecule has 1 heterocycles. The molecule has 1 aromatic heterocycles. The Kier molecular flexibility index (Phi) is 5.71. The van der Waals surface area contributed by atoms with Gasteiger partial charge in [0.2, 0.25) is 5.88 Å². The molecule has 0 atom stereocenters. The molecule has 0 aliphatic heterocycles. The van der Waals surface area contributed by atoms with Crippen LogP contribution in [0, 0.1) is 0 Å². The van der Waals surface area contributed by atoms with Crippen molar-refractivity contribution >= 4 is 28.9 Å². The number of amides is 1. The summed E-state index contributed by atoms with van der Waals surface area (Å²) >= 11 is 6.33. The number of pyridine rings is 1. The number of carbonyl (C=O) groups is 1. The van der Waals surface area contributed by atoms with Crippen LogP contribution in [0.3, 0.4) is 0 Å². The molecule has 2 aromatic carbocycles. The van der Waals surface area contributed by atoms with Crippen LogP contribution in [-0.4, -0.2) is 18.0 Å². The topological polar surface area (TPSA) is 63.2 Å². The highest BCUT2D eigenvalue weighted by atomic mass is 35.5. The average Bonchev–Trinajstić information content (AvgIpc) is 2.68. The van der Waals surface area contributed by atoms with Crippen LogP contribution in [0.25, 0.3) is 0 Å². The van der Waals surface area contributed by atoms with Gasteiger partial charge in [0, 0.05) is 18.4 Å². The highest BCUT2D eigenvalue weighted by molar-refractivity contribution is 6.33. The Hall–Kier alpha value is -3.05. The van der Waals surface area contributed by atoms with E-state index in [-0.39, 0.29) is 11.8 Å². The van der Waals surface area contributed by atoms with Gasteiger partial charge in [0.1, 0.15) is 5.56 Å². The summed E-state index contributed by atoms with van der Waals surface area (Å²) < 4.78 is 5.11. The first-order chi connectivity index (χ1) is 12.7. The van der Waals surface area contributed by atoms with E-state index in [9.17, 15) is 4.79 Å². The van der Waals surface area contributed by atoms with E-state index in [1.54, 1.807) is 30.5 Å². The second-order valence-electron chi connectivity index (χ2n) is 5.55. The van der Waals surface area contributed by atoms with Crippen LogP contribution in [-0.2, 0) is 6.54 Å². The minimum Gasteiger partial charge on any atom is -0.480 e. The summed E-state index contributed by atoms with van der Waals surface area (Å²) in [5.41, 5.74) is 2.91. The van der Waals surface area contributed by atoms with Gasteiger partial charge in [-0.2, -0.15) is 0 Å². The van der Waals surface area contributed by atoms with E-state index in [4.69, 9.17) is 16.3 Å². The van der Waals surface area contributed by atoms with Crippen molar-refractivity contribution in [3.8, 4) is 5.88 Å². The lowest BCUT2D eigenvalue weighted by Gasteiger charge is -2.12.